The molecule has 0 bridgehead atoms. The Hall–Kier alpha value is -1.26. The summed E-state index contributed by atoms with van der Waals surface area (Å²) in [5.74, 6) is 1.72. The van der Waals surface area contributed by atoms with E-state index in [1.807, 2.05) is 24.3 Å². The lowest BCUT2D eigenvalue weighted by Crippen LogP contribution is -2.22. The number of rotatable bonds is 7. The van der Waals surface area contributed by atoms with Gasteiger partial charge in [0.15, 0.2) is 0 Å². The lowest BCUT2D eigenvalue weighted by molar-refractivity contribution is 0.201. The molecule has 0 saturated heterocycles. The first-order valence-electron chi connectivity index (χ1n) is 5.38. The highest BCUT2D eigenvalue weighted by Gasteiger charge is 2.07. The summed E-state index contributed by atoms with van der Waals surface area (Å²) in [5, 5.41) is 8.82. The van der Waals surface area contributed by atoms with Crippen LogP contribution in [-0.2, 0) is 0 Å². The smallest absolute Gasteiger partial charge is 0.122 e. The molecule has 0 radical (unpaired) electrons. The van der Waals surface area contributed by atoms with E-state index < -0.39 is 0 Å². The fourth-order valence-corrected chi connectivity index (χ4v) is 1.36. The molecule has 1 aromatic carbocycles. The van der Waals surface area contributed by atoms with Crippen molar-refractivity contribution in [3.05, 3.63) is 24.3 Å². The zero-order chi connectivity index (χ0) is 11.8. The van der Waals surface area contributed by atoms with Crippen molar-refractivity contribution in [1.29, 1.82) is 0 Å². The molecule has 1 unspecified atom stereocenters. The number of aliphatic hydroxyl groups is 1. The predicted molar refractivity (Wildman–Crippen MR) is 62.7 cm³/mol. The van der Waals surface area contributed by atoms with Crippen LogP contribution in [0.3, 0.4) is 0 Å². The van der Waals surface area contributed by atoms with Crippen molar-refractivity contribution in [2.75, 3.05) is 26.9 Å². The summed E-state index contributed by atoms with van der Waals surface area (Å²) in [6.07, 6.45) is 0.667. The van der Waals surface area contributed by atoms with Gasteiger partial charge in [-0.1, -0.05) is 6.07 Å². The van der Waals surface area contributed by atoms with Crippen molar-refractivity contribution in [3.8, 4) is 11.5 Å². The normalized spacial score (nSPS) is 12.2. The molecular weight excluding hydrogens is 206 g/mol. The first-order chi connectivity index (χ1) is 7.80. The SMILES string of the molecule is COc1cccc(OCC(CN)CCO)c1. The Kier molecular flexibility index (Phi) is 5.67. The van der Waals surface area contributed by atoms with Crippen molar-refractivity contribution < 1.29 is 14.6 Å². The number of nitrogens with two attached hydrogens (primary N) is 1. The topological polar surface area (TPSA) is 64.7 Å². The van der Waals surface area contributed by atoms with Gasteiger partial charge in [0, 0.05) is 18.6 Å². The molecule has 0 aliphatic carbocycles. The Morgan fingerprint density at radius 2 is 2.12 bits per heavy atom. The van der Waals surface area contributed by atoms with Crippen LogP contribution < -0.4 is 15.2 Å². The molecule has 0 aromatic heterocycles. The van der Waals surface area contributed by atoms with Gasteiger partial charge >= 0.3 is 0 Å². The van der Waals surface area contributed by atoms with E-state index in [9.17, 15) is 0 Å². The minimum atomic E-state index is 0.142. The van der Waals surface area contributed by atoms with Crippen LogP contribution in [-0.4, -0.2) is 32.0 Å². The average Bonchev–Trinajstić information content (AvgIpc) is 2.34. The predicted octanol–water partition coefficient (Wildman–Crippen LogP) is 1.03. The van der Waals surface area contributed by atoms with Gasteiger partial charge in [0.2, 0.25) is 0 Å². The first kappa shape index (κ1) is 12.8. The third-order valence-electron chi connectivity index (χ3n) is 2.40. The maximum atomic E-state index is 8.82. The number of methoxy groups -OCH3 is 1. The van der Waals surface area contributed by atoms with Crippen LogP contribution in [0, 0.1) is 5.92 Å². The van der Waals surface area contributed by atoms with Gasteiger partial charge in [0.25, 0.3) is 0 Å². The van der Waals surface area contributed by atoms with E-state index in [-0.39, 0.29) is 12.5 Å². The number of aliphatic hydroxyl groups excluding tert-OH is 1. The van der Waals surface area contributed by atoms with Crippen molar-refractivity contribution in [2.45, 2.75) is 6.42 Å². The van der Waals surface area contributed by atoms with E-state index >= 15 is 0 Å². The summed E-state index contributed by atoms with van der Waals surface area (Å²) >= 11 is 0. The van der Waals surface area contributed by atoms with Gasteiger partial charge in [-0.3, -0.25) is 0 Å². The molecule has 0 spiro atoms. The fraction of sp³-hybridized carbons (Fsp3) is 0.500. The summed E-state index contributed by atoms with van der Waals surface area (Å²) < 4.78 is 10.7. The lowest BCUT2D eigenvalue weighted by Gasteiger charge is -2.14. The highest BCUT2D eigenvalue weighted by atomic mass is 16.5. The highest BCUT2D eigenvalue weighted by Crippen LogP contribution is 2.19. The molecule has 16 heavy (non-hydrogen) atoms. The second-order valence-electron chi connectivity index (χ2n) is 3.60. The summed E-state index contributed by atoms with van der Waals surface area (Å²) in [6.45, 7) is 1.18. The van der Waals surface area contributed by atoms with Crippen LogP contribution in [0.2, 0.25) is 0 Å². The van der Waals surface area contributed by atoms with E-state index in [4.69, 9.17) is 20.3 Å². The van der Waals surface area contributed by atoms with Gasteiger partial charge in [-0.05, 0) is 25.1 Å². The van der Waals surface area contributed by atoms with Crippen LogP contribution in [0.15, 0.2) is 24.3 Å². The molecule has 0 amide bonds. The van der Waals surface area contributed by atoms with Gasteiger partial charge in [0.1, 0.15) is 11.5 Å². The van der Waals surface area contributed by atoms with Crippen LogP contribution in [0.1, 0.15) is 6.42 Å². The summed E-state index contributed by atoms with van der Waals surface area (Å²) in [7, 11) is 1.62. The van der Waals surface area contributed by atoms with Crippen LogP contribution in [0.5, 0.6) is 11.5 Å². The average molecular weight is 225 g/mol. The first-order valence-corrected chi connectivity index (χ1v) is 5.38. The fourth-order valence-electron chi connectivity index (χ4n) is 1.36. The number of benzene rings is 1. The van der Waals surface area contributed by atoms with Gasteiger partial charge < -0.3 is 20.3 Å². The molecule has 0 saturated carbocycles. The standard InChI is InChI=1S/C12H19NO3/c1-15-11-3-2-4-12(7-11)16-9-10(8-13)5-6-14/h2-4,7,10,14H,5-6,8-9,13H2,1H3. The molecule has 4 nitrogen and oxygen atoms in total. The quantitative estimate of drug-likeness (QED) is 0.727. The van der Waals surface area contributed by atoms with Gasteiger partial charge in [0.05, 0.1) is 13.7 Å². The Morgan fingerprint density at radius 3 is 2.75 bits per heavy atom. The monoisotopic (exact) mass is 225 g/mol. The van der Waals surface area contributed by atoms with Gasteiger partial charge in [-0.15, -0.1) is 0 Å². The third-order valence-corrected chi connectivity index (χ3v) is 2.40. The van der Waals surface area contributed by atoms with E-state index in [1.165, 1.54) is 0 Å². The van der Waals surface area contributed by atoms with E-state index in [0.717, 1.165) is 11.5 Å². The summed E-state index contributed by atoms with van der Waals surface area (Å²) in [5.41, 5.74) is 5.56. The van der Waals surface area contributed by atoms with E-state index in [0.29, 0.717) is 19.6 Å². The van der Waals surface area contributed by atoms with E-state index in [2.05, 4.69) is 0 Å². The molecular formula is C12H19NO3. The molecule has 90 valence electrons. The molecule has 0 aliphatic rings. The minimum Gasteiger partial charge on any atom is -0.497 e. The maximum absolute atomic E-state index is 8.82. The Morgan fingerprint density at radius 1 is 1.38 bits per heavy atom. The number of hydrogen-bond acceptors (Lipinski definition) is 4. The van der Waals surface area contributed by atoms with Crippen LogP contribution in [0.4, 0.5) is 0 Å². The molecule has 3 N–H and O–H groups in total. The zero-order valence-corrected chi connectivity index (χ0v) is 9.56. The zero-order valence-electron chi connectivity index (χ0n) is 9.56. The Labute approximate surface area is 96.0 Å². The Balaban J connectivity index is 2.46. The van der Waals surface area contributed by atoms with E-state index in [1.54, 1.807) is 7.11 Å². The maximum Gasteiger partial charge on any atom is 0.122 e. The second kappa shape index (κ2) is 7.09. The molecule has 4 heteroatoms. The molecule has 0 heterocycles. The van der Waals surface area contributed by atoms with Crippen LogP contribution in [0.25, 0.3) is 0 Å². The number of hydrogen-bond donors (Lipinski definition) is 2. The van der Waals surface area contributed by atoms with Crippen molar-refractivity contribution in [1.82, 2.24) is 0 Å². The second-order valence-corrected chi connectivity index (χ2v) is 3.60. The molecule has 0 aliphatic heterocycles. The van der Waals surface area contributed by atoms with Crippen molar-refractivity contribution in [3.63, 3.8) is 0 Å². The van der Waals surface area contributed by atoms with Crippen molar-refractivity contribution >= 4 is 0 Å². The molecule has 1 atom stereocenters. The minimum absolute atomic E-state index is 0.142. The Bertz CT molecular complexity index is 304. The van der Waals surface area contributed by atoms with Gasteiger partial charge in [-0.25, -0.2) is 0 Å². The summed E-state index contributed by atoms with van der Waals surface area (Å²) in [4.78, 5) is 0. The van der Waals surface area contributed by atoms with Crippen LogP contribution >= 0.6 is 0 Å². The largest absolute Gasteiger partial charge is 0.497 e. The third kappa shape index (κ3) is 4.08. The van der Waals surface area contributed by atoms with Crippen molar-refractivity contribution in [2.24, 2.45) is 11.7 Å². The lowest BCUT2D eigenvalue weighted by atomic mass is 10.1. The number of ether oxygens (including phenoxy) is 2. The molecule has 1 rings (SSSR count). The van der Waals surface area contributed by atoms with Gasteiger partial charge in [-0.2, -0.15) is 0 Å². The highest BCUT2D eigenvalue weighted by molar-refractivity contribution is 5.32. The molecule has 1 aromatic rings. The summed E-state index contributed by atoms with van der Waals surface area (Å²) in [6, 6.07) is 7.43. The molecule has 0 fully saturated rings.